The molecule has 1 N–H and O–H groups in total. The smallest absolute Gasteiger partial charge is 0.101 e. The fourth-order valence-electron chi connectivity index (χ4n) is 1.53. The number of hydrogen-bond donors (Lipinski definition) is 1. The molecule has 2 atom stereocenters. The van der Waals surface area contributed by atoms with Gasteiger partial charge in [0.05, 0.1) is 6.04 Å². The maximum atomic E-state index is 5.45. The SMILES string of the molecule is C=CC(NC)C(OC)c1ccccc1. The molecular weight excluding hydrogens is 174 g/mol. The van der Waals surface area contributed by atoms with E-state index in [2.05, 4.69) is 24.0 Å². The largest absolute Gasteiger partial charge is 0.375 e. The lowest BCUT2D eigenvalue weighted by molar-refractivity contribution is 0.0843. The molecule has 2 unspecified atom stereocenters. The van der Waals surface area contributed by atoms with Gasteiger partial charge in [-0.15, -0.1) is 6.58 Å². The Kier molecular flexibility index (Phi) is 4.36. The zero-order chi connectivity index (χ0) is 10.4. The topological polar surface area (TPSA) is 21.3 Å². The van der Waals surface area contributed by atoms with Crippen LogP contribution in [0, 0.1) is 0 Å². The molecule has 0 bridgehead atoms. The second-order valence-corrected chi connectivity index (χ2v) is 3.12. The molecule has 0 aliphatic carbocycles. The number of ether oxygens (including phenoxy) is 1. The number of benzene rings is 1. The predicted molar refractivity (Wildman–Crippen MR) is 59.2 cm³/mol. The first-order chi connectivity index (χ1) is 6.83. The zero-order valence-corrected chi connectivity index (χ0v) is 8.73. The second kappa shape index (κ2) is 5.58. The van der Waals surface area contributed by atoms with Gasteiger partial charge >= 0.3 is 0 Å². The van der Waals surface area contributed by atoms with E-state index in [0.29, 0.717) is 0 Å². The summed E-state index contributed by atoms with van der Waals surface area (Å²) in [6.07, 6.45) is 1.89. The lowest BCUT2D eigenvalue weighted by Gasteiger charge is -2.23. The third-order valence-corrected chi connectivity index (χ3v) is 2.30. The van der Waals surface area contributed by atoms with E-state index in [-0.39, 0.29) is 12.1 Å². The summed E-state index contributed by atoms with van der Waals surface area (Å²) in [5.41, 5.74) is 1.16. The van der Waals surface area contributed by atoms with Crippen LogP contribution in [0.4, 0.5) is 0 Å². The van der Waals surface area contributed by atoms with E-state index in [4.69, 9.17) is 4.74 Å². The lowest BCUT2D eigenvalue weighted by atomic mass is 10.0. The molecule has 0 radical (unpaired) electrons. The van der Waals surface area contributed by atoms with Gasteiger partial charge in [-0.2, -0.15) is 0 Å². The summed E-state index contributed by atoms with van der Waals surface area (Å²) in [4.78, 5) is 0. The van der Waals surface area contributed by atoms with E-state index in [1.54, 1.807) is 7.11 Å². The zero-order valence-electron chi connectivity index (χ0n) is 8.73. The number of hydrogen-bond acceptors (Lipinski definition) is 2. The van der Waals surface area contributed by atoms with Crippen LogP contribution in [-0.4, -0.2) is 20.2 Å². The van der Waals surface area contributed by atoms with Gasteiger partial charge < -0.3 is 10.1 Å². The summed E-state index contributed by atoms with van der Waals surface area (Å²) >= 11 is 0. The van der Waals surface area contributed by atoms with Crippen LogP contribution in [-0.2, 0) is 4.74 Å². The molecule has 1 aromatic carbocycles. The van der Waals surface area contributed by atoms with E-state index in [9.17, 15) is 0 Å². The normalized spacial score (nSPS) is 14.7. The summed E-state index contributed by atoms with van der Waals surface area (Å²) in [7, 11) is 3.62. The van der Waals surface area contributed by atoms with Gasteiger partial charge in [0.25, 0.3) is 0 Å². The van der Waals surface area contributed by atoms with Crippen LogP contribution < -0.4 is 5.32 Å². The van der Waals surface area contributed by atoms with Crippen LogP contribution in [0.1, 0.15) is 11.7 Å². The van der Waals surface area contributed by atoms with Gasteiger partial charge in [0.1, 0.15) is 6.10 Å². The predicted octanol–water partition coefficient (Wildman–Crippen LogP) is 2.15. The Morgan fingerprint density at radius 1 is 1.36 bits per heavy atom. The van der Waals surface area contributed by atoms with Crippen LogP contribution in [0.15, 0.2) is 43.0 Å². The first-order valence-electron chi connectivity index (χ1n) is 4.71. The average Bonchev–Trinajstić information content (AvgIpc) is 2.27. The molecule has 0 aliphatic rings. The van der Waals surface area contributed by atoms with E-state index >= 15 is 0 Å². The second-order valence-electron chi connectivity index (χ2n) is 3.12. The third kappa shape index (κ3) is 2.44. The van der Waals surface area contributed by atoms with Crippen LogP contribution in [0.5, 0.6) is 0 Å². The monoisotopic (exact) mass is 191 g/mol. The Balaban J connectivity index is 2.86. The molecule has 0 aliphatic heterocycles. The highest BCUT2D eigenvalue weighted by atomic mass is 16.5. The highest BCUT2D eigenvalue weighted by Crippen LogP contribution is 2.20. The quantitative estimate of drug-likeness (QED) is 0.720. The Morgan fingerprint density at radius 3 is 2.43 bits per heavy atom. The Bertz CT molecular complexity index is 271. The van der Waals surface area contributed by atoms with Gasteiger partial charge in [0.2, 0.25) is 0 Å². The van der Waals surface area contributed by atoms with Crippen LogP contribution >= 0.6 is 0 Å². The molecule has 2 heteroatoms. The van der Waals surface area contributed by atoms with E-state index in [1.807, 2.05) is 31.3 Å². The van der Waals surface area contributed by atoms with Gasteiger partial charge in [-0.25, -0.2) is 0 Å². The van der Waals surface area contributed by atoms with Crippen molar-refractivity contribution in [2.75, 3.05) is 14.2 Å². The Hall–Kier alpha value is -1.12. The van der Waals surface area contributed by atoms with Crippen molar-refractivity contribution in [2.24, 2.45) is 0 Å². The standard InChI is InChI=1S/C12H17NO/c1-4-11(13-2)12(14-3)10-8-6-5-7-9-10/h4-9,11-13H,1H2,2-3H3. The summed E-state index contributed by atoms with van der Waals surface area (Å²) in [5, 5.41) is 3.16. The maximum absolute atomic E-state index is 5.45. The molecule has 0 spiro atoms. The van der Waals surface area contributed by atoms with Crippen molar-refractivity contribution < 1.29 is 4.74 Å². The number of methoxy groups -OCH3 is 1. The molecule has 0 heterocycles. The highest BCUT2D eigenvalue weighted by molar-refractivity contribution is 5.20. The number of nitrogens with one attached hydrogen (secondary N) is 1. The molecule has 2 nitrogen and oxygen atoms in total. The summed E-state index contributed by atoms with van der Waals surface area (Å²) in [5.74, 6) is 0. The first kappa shape index (κ1) is 11.0. The molecule has 0 saturated carbocycles. The van der Waals surface area contributed by atoms with Gasteiger partial charge in [0, 0.05) is 7.11 Å². The number of likely N-dealkylation sites (N-methyl/N-ethyl adjacent to an activating group) is 1. The minimum Gasteiger partial charge on any atom is -0.375 e. The van der Waals surface area contributed by atoms with Gasteiger partial charge in [0.15, 0.2) is 0 Å². The fraction of sp³-hybridized carbons (Fsp3) is 0.333. The summed E-state index contributed by atoms with van der Waals surface area (Å²) < 4.78 is 5.45. The fourth-order valence-corrected chi connectivity index (χ4v) is 1.53. The van der Waals surface area contributed by atoms with E-state index in [1.165, 1.54) is 0 Å². The summed E-state index contributed by atoms with van der Waals surface area (Å²) in [6.45, 7) is 3.78. The Morgan fingerprint density at radius 2 is 2.00 bits per heavy atom. The summed E-state index contributed by atoms with van der Waals surface area (Å²) in [6, 6.07) is 10.3. The van der Waals surface area contributed by atoms with Gasteiger partial charge in [-0.05, 0) is 12.6 Å². The van der Waals surface area contributed by atoms with E-state index in [0.717, 1.165) is 5.56 Å². The molecule has 0 saturated heterocycles. The molecular formula is C12H17NO. The lowest BCUT2D eigenvalue weighted by Crippen LogP contribution is -2.30. The average molecular weight is 191 g/mol. The van der Waals surface area contributed by atoms with Gasteiger partial charge in [-0.1, -0.05) is 36.4 Å². The van der Waals surface area contributed by atoms with Crippen molar-refractivity contribution in [3.63, 3.8) is 0 Å². The van der Waals surface area contributed by atoms with E-state index < -0.39 is 0 Å². The molecule has 76 valence electrons. The van der Waals surface area contributed by atoms with Crippen molar-refractivity contribution in [3.05, 3.63) is 48.6 Å². The van der Waals surface area contributed by atoms with Crippen molar-refractivity contribution in [1.29, 1.82) is 0 Å². The van der Waals surface area contributed by atoms with Crippen LogP contribution in [0.3, 0.4) is 0 Å². The van der Waals surface area contributed by atoms with Crippen molar-refractivity contribution in [3.8, 4) is 0 Å². The van der Waals surface area contributed by atoms with Crippen LogP contribution in [0.2, 0.25) is 0 Å². The van der Waals surface area contributed by atoms with Crippen molar-refractivity contribution in [2.45, 2.75) is 12.1 Å². The minimum absolute atomic E-state index is 0.0266. The first-order valence-corrected chi connectivity index (χ1v) is 4.71. The molecule has 14 heavy (non-hydrogen) atoms. The van der Waals surface area contributed by atoms with Gasteiger partial charge in [-0.3, -0.25) is 0 Å². The van der Waals surface area contributed by atoms with Crippen LogP contribution in [0.25, 0.3) is 0 Å². The maximum Gasteiger partial charge on any atom is 0.101 e. The minimum atomic E-state index is 0.0266. The third-order valence-electron chi connectivity index (χ3n) is 2.30. The molecule has 0 amide bonds. The molecule has 1 rings (SSSR count). The Labute approximate surface area is 85.6 Å². The number of rotatable bonds is 5. The van der Waals surface area contributed by atoms with Crippen molar-refractivity contribution in [1.82, 2.24) is 5.32 Å². The molecule has 1 aromatic rings. The van der Waals surface area contributed by atoms with Crippen molar-refractivity contribution >= 4 is 0 Å². The molecule has 0 fully saturated rings. The molecule has 0 aromatic heterocycles. The highest BCUT2D eigenvalue weighted by Gasteiger charge is 2.17.